The number of nitrogens with one attached hydrogen (secondary N) is 2. The van der Waals surface area contributed by atoms with Gasteiger partial charge in [0.05, 0.1) is 12.2 Å². The zero-order valence-corrected chi connectivity index (χ0v) is 9.53. The van der Waals surface area contributed by atoms with Crippen LogP contribution >= 0.6 is 0 Å². The van der Waals surface area contributed by atoms with Crippen LogP contribution in [0.25, 0.3) is 0 Å². The van der Waals surface area contributed by atoms with Crippen LogP contribution in [0.15, 0.2) is 12.4 Å². The molecule has 84 valence electrons. The molecular weight excluding hydrogens is 188 g/mol. The van der Waals surface area contributed by atoms with E-state index in [9.17, 15) is 0 Å². The molecule has 1 aliphatic rings. The number of rotatable bonds is 3. The lowest BCUT2D eigenvalue weighted by atomic mass is 10.1. The maximum absolute atomic E-state index is 4.45. The molecule has 4 heteroatoms. The molecule has 1 saturated heterocycles. The molecule has 0 amide bonds. The highest BCUT2D eigenvalue weighted by Gasteiger charge is 2.16. The molecule has 0 aromatic carbocycles. The maximum Gasteiger partial charge on any atom is 0.0644 e. The molecule has 0 saturated carbocycles. The van der Waals surface area contributed by atoms with E-state index in [1.165, 1.54) is 18.4 Å². The third kappa shape index (κ3) is 2.38. The Kier molecular flexibility index (Phi) is 3.38. The third-order valence-electron chi connectivity index (χ3n) is 3.20. The summed E-state index contributed by atoms with van der Waals surface area (Å²) in [5.41, 5.74) is 1.27. The van der Waals surface area contributed by atoms with E-state index in [0.29, 0.717) is 12.1 Å². The first kappa shape index (κ1) is 10.6. The summed E-state index contributed by atoms with van der Waals surface area (Å²) < 4.78 is 2.11. The Morgan fingerprint density at radius 1 is 1.67 bits per heavy atom. The first-order valence-corrected chi connectivity index (χ1v) is 5.73. The van der Waals surface area contributed by atoms with Crippen LogP contribution in [0.4, 0.5) is 0 Å². The first-order valence-electron chi connectivity index (χ1n) is 5.73. The smallest absolute Gasteiger partial charge is 0.0644 e. The Balaban J connectivity index is 2.05. The van der Waals surface area contributed by atoms with E-state index >= 15 is 0 Å². The number of piperidine rings is 1. The van der Waals surface area contributed by atoms with E-state index in [4.69, 9.17) is 0 Å². The van der Waals surface area contributed by atoms with E-state index in [2.05, 4.69) is 33.5 Å². The van der Waals surface area contributed by atoms with Crippen molar-refractivity contribution in [1.82, 2.24) is 20.4 Å². The van der Waals surface area contributed by atoms with Crippen molar-refractivity contribution in [2.75, 3.05) is 20.1 Å². The molecule has 2 unspecified atom stereocenters. The van der Waals surface area contributed by atoms with Crippen LogP contribution in [0.5, 0.6) is 0 Å². The van der Waals surface area contributed by atoms with E-state index in [1.54, 1.807) is 0 Å². The van der Waals surface area contributed by atoms with Gasteiger partial charge in [-0.1, -0.05) is 0 Å². The molecule has 2 N–H and O–H groups in total. The average Bonchev–Trinajstić information content (AvgIpc) is 2.78. The molecule has 2 rings (SSSR count). The highest BCUT2D eigenvalue weighted by atomic mass is 15.3. The largest absolute Gasteiger partial charge is 0.315 e. The molecule has 1 fully saturated rings. The van der Waals surface area contributed by atoms with Gasteiger partial charge >= 0.3 is 0 Å². The lowest BCUT2D eigenvalue weighted by Crippen LogP contribution is -2.31. The topological polar surface area (TPSA) is 41.9 Å². The zero-order chi connectivity index (χ0) is 10.7. The predicted molar refractivity (Wildman–Crippen MR) is 60.8 cm³/mol. The molecule has 0 spiro atoms. The van der Waals surface area contributed by atoms with Crippen LogP contribution in [0.3, 0.4) is 0 Å². The van der Waals surface area contributed by atoms with Crippen molar-refractivity contribution in [2.24, 2.45) is 0 Å². The Labute approximate surface area is 91.1 Å². The fourth-order valence-corrected chi connectivity index (χ4v) is 2.00. The van der Waals surface area contributed by atoms with Crippen molar-refractivity contribution in [3.05, 3.63) is 18.0 Å². The molecule has 2 heterocycles. The molecule has 0 radical (unpaired) electrons. The molecule has 4 nitrogen and oxygen atoms in total. The summed E-state index contributed by atoms with van der Waals surface area (Å²) in [7, 11) is 1.98. The summed E-state index contributed by atoms with van der Waals surface area (Å²) in [5.74, 6) is 0. The van der Waals surface area contributed by atoms with Crippen molar-refractivity contribution in [3.8, 4) is 0 Å². The summed E-state index contributed by atoms with van der Waals surface area (Å²) in [4.78, 5) is 0. The minimum absolute atomic E-state index is 0.385. The summed E-state index contributed by atoms with van der Waals surface area (Å²) >= 11 is 0. The van der Waals surface area contributed by atoms with Crippen molar-refractivity contribution in [3.63, 3.8) is 0 Å². The number of hydrogen-bond donors (Lipinski definition) is 2. The fourth-order valence-electron chi connectivity index (χ4n) is 2.00. The normalized spacial score (nSPS) is 24.0. The van der Waals surface area contributed by atoms with Gasteiger partial charge in [0.1, 0.15) is 0 Å². The number of aromatic nitrogens is 2. The summed E-state index contributed by atoms with van der Waals surface area (Å²) in [5, 5.41) is 11.1. The standard InChI is InChI=1S/C11H20N4/c1-9(12-2)10-6-14-15(8-10)11-4-3-5-13-7-11/h6,8-9,11-13H,3-5,7H2,1-2H3. The Bertz CT molecular complexity index is 301. The van der Waals surface area contributed by atoms with E-state index < -0.39 is 0 Å². The molecular formula is C11H20N4. The lowest BCUT2D eigenvalue weighted by molar-refractivity contribution is 0.346. The average molecular weight is 208 g/mol. The van der Waals surface area contributed by atoms with Crippen LogP contribution in [-0.4, -0.2) is 29.9 Å². The van der Waals surface area contributed by atoms with Crippen molar-refractivity contribution < 1.29 is 0 Å². The Hall–Kier alpha value is -0.870. The van der Waals surface area contributed by atoms with Crippen LogP contribution in [0.2, 0.25) is 0 Å². The van der Waals surface area contributed by atoms with Crippen LogP contribution in [0, 0.1) is 0 Å². The second-order valence-corrected chi connectivity index (χ2v) is 4.26. The minimum Gasteiger partial charge on any atom is -0.315 e. The van der Waals surface area contributed by atoms with Gasteiger partial charge in [-0.3, -0.25) is 4.68 Å². The molecule has 0 aliphatic carbocycles. The number of hydrogen-bond acceptors (Lipinski definition) is 3. The molecule has 1 aliphatic heterocycles. The SMILES string of the molecule is CNC(C)c1cnn(C2CCCNC2)c1. The molecule has 15 heavy (non-hydrogen) atoms. The summed E-state index contributed by atoms with van der Waals surface area (Å²) in [6.45, 7) is 4.35. The van der Waals surface area contributed by atoms with Crippen LogP contribution in [0.1, 0.15) is 37.4 Å². The maximum atomic E-state index is 4.45. The Morgan fingerprint density at radius 3 is 3.20 bits per heavy atom. The minimum atomic E-state index is 0.385. The van der Waals surface area contributed by atoms with Gasteiger partial charge in [0.2, 0.25) is 0 Å². The van der Waals surface area contributed by atoms with Gasteiger partial charge < -0.3 is 10.6 Å². The predicted octanol–water partition coefficient (Wildman–Crippen LogP) is 1.09. The monoisotopic (exact) mass is 208 g/mol. The van der Waals surface area contributed by atoms with Crippen LogP contribution in [-0.2, 0) is 0 Å². The lowest BCUT2D eigenvalue weighted by Gasteiger charge is -2.23. The molecule has 2 atom stereocenters. The molecule has 1 aromatic heterocycles. The van der Waals surface area contributed by atoms with Crippen molar-refractivity contribution >= 4 is 0 Å². The highest BCUT2D eigenvalue weighted by Crippen LogP contribution is 2.18. The van der Waals surface area contributed by atoms with Crippen molar-refractivity contribution in [1.29, 1.82) is 0 Å². The molecule has 0 bridgehead atoms. The second-order valence-electron chi connectivity index (χ2n) is 4.26. The highest BCUT2D eigenvalue weighted by molar-refractivity contribution is 5.09. The Morgan fingerprint density at radius 2 is 2.53 bits per heavy atom. The fraction of sp³-hybridized carbons (Fsp3) is 0.727. The second kappa shape index (κ2) is 4.77. The first-order chi connectivity index (χ1) is 7.31. The molecule has 1 aromatic rings. The third-order valence-corrected chi connectivity index (χ3v) is 3.20. The van der Waals surface area contributed by atoms with Gasteiger partial charge in [-0.05, 0) is 33.4 Å². The van der Waals surface area contributed by atoms with Gasteiger partial charge in [-0.15, -0.1) is 0 Å². The summed E-state index contributed by atoms with van der Waals surface area (Å²) in [6.07, 6.45) is 6.62. The van der Waals surface area contributed by atoms with Gasteiger partial charge in [0.25, 0.3) is 0 Å². The van der Waals surface area contributed by atoms with Gasteiger partial charge in [-0.2, -0.15) is 5.10 Å². The van der Waals surface area contributed by atoms with Gasteiger partial charge in [-0.25, -0.2) is 0 Å². The number of nitrogens with zero attached hydrogens (tertiary/aromatic N) is 2. The summed E-state index contributed by atoms with van der Waals surface area (Å²) in [6, 6.07) is 0.923. The van der Waals surface area contributed by atoms with Crippen LogP contribution < -0.4 is 10.6 Å². The quantitative estimate of drug-likeness (QED) is 0.781. The van der Waals surface area contributed by atoms with E-state index in [-0.39, 0.29) is 0 Å². The van der Waals surface area contributed by atoms with E-state index in [0.717, 1.165) is 13.1 Å². The van der Waals surface area contributed by atoms with Gasteiger partial charge in [0.15, 0.2) is 0 Å². The van der Waals surface area contributed by atoms with E-state index in [1.807, 2.05) is 13.2 Å². The van der Waals surface area contributed by atoms with Crippen molar-refractivity contribution in [2.45, 2.75) is 31.8 Å². The van der Waals surface area contributed by atoms with Gasteiger partial charge in [0, 0.05) is 24.3 Å². The zero-order valence-electron chi connectivity index (χ0n) is 9.53.